The molecular formula is C30H33N3O4. The lowest BCUT2D eigenvalue weighted by molar-refractivity contribution is -0.145. The highest BCUT2D eigenvalue weighted by atomic mass is 16.5. The van der Waals surface area contributed by atoms with Gasteiger partial charge in [0, 0.05) is 26.2 Å². The zero-order chi connectivity index (χ0) is 25.8. The van der Waals surface area contributed by atoms with Gasteiger partial charge in [0.1, 0.15) is 18.5 Å². The molecule has 0 saturated carbocycles. The van der Waals surface area contributed by atoms with Crippen LogP contribution >= 0.6 is 0 Å². The first-order valence-corrected chi connectivity index (χ1v) is 12.8. The van der Waals surface area contributed by atoms with Crippen LogP contribution in [0, 0.1) is 0 Å². The average Bonchev–Trinajstić information content (AvgIpc) is 3.29. The van der Waals surface area contributed by atoms with Crippen LogP contribution in [0.4, 0.5) is 0 Å². The van der Waals surface area contributed by atoms with Crippen molar-refractivity contribution in [2.45, 2.75) is 31.9 Å². The van der Waals surface area contributed by atoms with Crippen molar-refractivity contribution in [1.29, 1.82) is 0 Å². The lowest BCUT2D eigenvalue weighted by Crippen LogP contribution is -2.42. The van der Waals surface area contributed by atoms with E-state index < -0.39 is 6.10 Å². The van der Waals surface area contributed by atoms with Crippen molar-refractivity contribution in [3.63, 3.8) is 0 Å². The SMILES string of the molecule is CCOC(=O)CC1c2ccccc2CCN1CC(O)COc1cccc(-c2ccc3ncn(C)c3c2)c1. The van der Waals surface area contributed by atoms with Gasteiger partial charge in [0.15, 0.2) is 0 Å². The van der Waals surface area contributed by atoms with Crippen molar-refractivity contribution < 1.29 is 19.4 Å². The van der Waals surface area contributed by atoms with Gasteiger partial charge in [-0.3, -0.25) is 9.69 Å². The van der Waals surface area contributed by atoms with Crippen molar-refractivity contribution in [2.75, 3.05) is 26.3 Å². The largest absolute Gasteiger partial charge is 0.491 e. The number of aromatic nitrogens is 2. The molecular weight excluding hydrogens is 466 g/mol. The first kappa shape index (κ1) is 25.0. The minimum atomic E-state index is -0.704. The number of nitrogens with zero attached hydrogens (tertiary/aromatic N) is 3. The molecule has 0 aliphatic carbocycles. The summed E-state index contributed by atoms with van der Waals surface area (Å²) in [6.45, 7) is 3.52. The fourth-order valence-corrected chi connectivity index (χ4v) is 5.13. The van der Waals surface area contributed by atoms with E-state index in [1.54, 1.807) is 0 Å². The van der Waals surface area contributed by atoms with Crippen LogP contribution in [0.5, 0.6) is 5.75 Å². The van der Waals surface area contributed by atoms with Gasteiger partial charge in [-0.1, -0.05) is 42.5 Å². The van der Waals surface area contributed by atoms with Gasteiger partial charge in [-0.05, 0) is 59.9 Å². The number of esters is 1. The van der Waals surface area contributed by atoms with E-state index in [1.807, 2.05) is 67.3 Å². The molecule has 0 spiro atoms. The highest BCUT2D eigenvalue weighted by Gasteiger charge is 2.30. The van der Waals surface area contributed by atoms with E-state index in [2.05, 4.69) is 34.1 Å². The van der Waals surface area contributed by atoms with E-state index in [-0.39, 0.29) is 25.0 Å². The summed E-state index contributed by atoms with van der Waals surface area (Å²) in [5.74, 6) is 0.481. The predicted molar refractivity (Wildman–Crippen MR) is 143 cm³/mol. The summed E-state index contributed by atoms with van der Waals surface area (Å²) >= 11 is 0. The Hall–Kier alpha value is -3.68. The molecule has 4 aromatic rings. The van der Waals surface area contributed by atoms with Crippen LogP contribution in [-0.4, -0.2) is 57.9 Å². The Balaban J connectivity index is 1.25. The van der Waals surface area contributed by atoms with Gasteiger partial charge >= 0.3 is 5.97 Å². The number of aliphatic hydroxyl groups is 1. The fraction of sp³-hybridized carbons (Fsp3) is 0.333. The van der Waals surface area contributed by atoms with Gasteiger partial charge in [-0.15, -0.1) is 0 Å². The quantitative estimate of drug-likeness (QED) is 0.341. The smallest absolute Gasteiger partial charge is 0.307 e. The lowest BCUT2D eigenvalue weighted by Gasteiger charge is -2.38. The first-order valence-electron chi connectivity index (χ1n) is 12.8. The molecule has 7 heteroatoms. The molecule has 2 atom stereocenters. The summed E-state index contributed by atoms with van der Waals surface area (Å²) in [5, 5.41) is 10.9. The number of carbonyl (C=O) groups is 1. The number of β-amino-alcohol motifs (C(OH)–C–C–N with tert-alkyl or cyclic N) is 1. The second-order valence-electron chi connectivity index (χ2n) is 9.52. The third-order valence-electron chi connectivity index (χ3n) is 6.97. The van der Waals surface area contributed by atoms with Crippen LogP contribution in [0.3, 0.4) is 0 Å². The molecule has 0 bridgehead atoms. The molecule has 0 radical (unpaired) electrons. The van der Waals surface area contributed by atoms with E-state index in [0.717, 1.165) is 40.7 Å². The number of hydrogen-bond acceptors (Lipinski definition) is 6. The van der Waals surface area contributed by atoms with Gasteiger partial charge in [0.2, 0.25) is 0 Å². The maximum atomic E-state index is 12.3. The fourth-order valence-electron chi connectivity index (χ4n) is 5.13. The topological polar surface area (TPSA) is 76.8 Å². The van der Waals surface area contributed by atoms with E-state index >= 15 is 0 Å². The maximum absolute atomic E-state index is 12.3. The van der Waals surface area contributed by atoms with Crippen LogP contribution in [-0.2, 0) is 23.0 Å². The van der Waals surface area contributed by atoms with Crippen molar-refractivity contribution in [2.24, 2.45) is 7.05 Å². The Morgan fingerprint density at radius 2 is 1.95 bits per heavy atom. The molecule has 0 fully saturated rings. The Morgan fingerprint density at radius 3 is 2.81 bits per heavy atom. The summed E-state index contributed by atoms with van der Waals surface area (Å²) in [7, 11) is 1.98. The zero-order valence-electron chi connectivity index (χ0n) is 21.3. The number of aryl methyl sites for hydroxylation is 1. The third kappa shape index (κ3) is 5.68. The first-order chi connectivity index (χ1) is 18.0. The number of carbonyl (C=O) groups excluding carboxylic acids is 1. The molecule has 3 aromatic carbocycles. The molecule has 1 aliphatic rings. The molecule has 7 nitrogen and oxygen atoms in total. The lowest BCUT2D eigenvalue weighted by atomic mass is 9.90. The highest BCUT2D eigenvalue weighted by Crippen LogP contribution is 2.33. The second-order valence-corrected chi connectivity index (χ2v) is 9.52. The number of ether oxygens (including phenoxy) is 2. The predicted octanol–water partition coefficient (Wildman–Crippen LogP) is 4.53. The van der Waals surface area contributed by atoms with Crippen molar-refractivity contribution in [3.8, 4) is 16.9 Å². The minimum absolute atomic E-state index is 0.121. The number of rotatable bonds is 9. The van der Waals surface area contributed by atoms with Gasteiger partial charge < -0.3 is 19.1 Å². The van der Waals surface area contributed by atoms with Crippen molar-refractivity contribution in [1.82, 2.24) is 14.5 Å². The molecule has 0 amide bonds. The van der Waals surface area contributed by atoms with E-state index in [4.69, 9.17) is 9.47 Å². The molecule has 1 aromatic heterocycles. The molecule has 2 heterocycles. The Bertz CT molecular complexity index is 1380. The molecule has 2 unspecified atom stereocenters. The van der Waals surface area contributed by atoms with Gasteiger partial charge in [-0.2, -0.15) is 0 Å². The second kappa shape index (κ2) is 11.2. The van der Waals surface area contributed by atoms with Crippen LogP contribution < -0.4 is 4.74 Å². The minimum Gasteiger partial charge on any atom is -0.491 e. The third-order valence-corrected chi connectivity index (χ3v) is 6.97. The summed E-state index contributed by atoms with van der Waals surface area (Å²) in [6.07, 6.45) is 2.26. The molecule has 5 rings (SSSR count). The van der Waals surface area contributed by atoms with E-state index in [1.165, 1.54) is 5.56 Å². The molecule has 192 valence electrons. The van der Waals surface area contributed by atoms with Crippen molar-refractivity contribution in [3.05, 3.63) is 84.2 Å². The van der Waals surface area contributed by atoms with Crippen LogP contribution in [0.2, 0.25) is 0 Å². The number of benzene rings is 3. The summed E-state index contributed by atoms with van der Waals surface area (Å²) in [5.41, 5.74) is 6.53. The number of fused-ring (bicyclic) bond motifs is 2. The highest BCUT2D eigenvalue weighted by molar-refractivity contribution is 5.82. The average molecular weight is 500 g/mol. The normalized spacial score (nSPS) is 16.4. The standard InChI is InChI=1S/C30H33N3O4/c1-3-36-30(35)17-28-26-10-5-4-7-21(26)13-14-33(28)18-24(34)19-37-25-9-6-8-22(15-25)23-11-12-27-29(16-23)32(2)20-31-27/h4-12,15-16,20,24,28,34H,3,13-14,17-19H2,1-2H3. The van der Waals surface area contributed by atoms with Crippen LogP contribution in [0.15, 0.2) is 73.1 Å². The van der Waals surface area contributed by atoms with Crippen LogP contribution in [0.1, 0.15) is 30.5 Å². The van der Waals surface area contributed by atoms with E-state index in [9.17, 15) is 9.90 Å². The van der Waals surface area contributed by atoms with Gasteiger partial charge in [-0.25, -0.2) is 4.98 Å². The number of hydrogen-bond donors (Lipinski definition) is 1. The van der Waals surface area contributed by atoms with E-state index in [0.29, 0.717) is 18.9 Å². The monoisotopic (exact) mass is 499 g/mol. The Labute approximate surface area is 217 Å². The molecule has 1 aliphatic heterocycles. The molecule has 1 N–H and O–H groups in total. The summed E-state index contributed by atoms with van der Waals surface area (Å²) in [4.78, 5) is 18.9. The number of aliphatic hydroxyl groups excluding tert-OH is 1. The Morgan fingerprint density at radius 1 is 1.11 bits per heavy atom. The van der Waals surface area contributed by atoms with Crippen molar-refractivity contribution >= 4 is 17.0 Å². The summed E-state index contributed by atoms with van der Waals surface area (Å²) < 4.78 is 13.2. The maximum Gasteiger partial charge on any atom is 0.307 e. The van der Waals surface area contributed by atoms with Gasteiger partial charge in [0.05, 0.1) is 30.4 Å². The van der Waals surface area contributed by atoms with Crippen LogP contribution in [0.25, 0.3) is 22.2 Å². The summed E-state index contributed by atoms with van der Waals surface area (Å²) in [6, 6.07) is 22.2. The number of imidazole rings is 1. The zero-order valence-corrected chi connectivity index (χ0v) is 21.3. The molecule has 0 saturated heterocycles. The Kier molecular flexibility index (Phi) is 7.53. The van der Waals surface area contributed by atoms with Gasteiger partial charge in [0.25, 0.3) is 0 Å². The molecule has 37 heavy (non-hydrogen) atoms.